The Balaban J connectivity index is 1.62. The minimum Gasteiger partial charge on any atom is -0.284 e. The SMILES string of the molecule is O=C1C(=Cc2ccccc2)SC2NC3CCCCC3C(=O)N12. The molecule has 1 aromatic rings. The zero-order valence-electron chi connectivity index (χ0n) is 12.2. The summed E-state index contributed by atoms with van der Waals surface area (Å²) in [5.41, 5.74) is 0.761. The molecule has 0 bridgehead atoms. The average Bonchev–Trinajstić information content (AvgIpc) is 2.85. The first-order valence-electron chi connectivity index (χ1n) is 7.81. The molecular formula is C17H18N2O2S. The largest absolute Gasteiger partial charge is 0.284 e. The molecule has 114 valence electrons. The van der Waals surface area contributed by atoms with Gasteiger partial charge in [-0.15, -0.1) is 0 Å². The predicted octanol–water partition coefficient (Wildman–Crippen LogP) is 2.58. The van der Waals surface area contributed by atoms with E-state index in [2.05, 4.69) is 5.32 Å². The third-order valence-corrected chi connectivity index (χ3v) is 5.79. The summed E-state index contributed by atoms with van der Waals surface area (Å²) in [6, 6.07) is 10.0. The van der Waals surface area contributed by atoms with Crippen molar-refractivity contribution in [2.45, 2.75) is 37.2 Å². The van der Waals surface area contributed by atoms with Crippen LogP contribution in [0.15, 0.2) is 35.2 Å². The first kappa shape index (κ1) is 14.0. The summed E-state index contributed by atoms with van der Waals surface area (Å²) in [5.74, 6) is -0.159. The van der Waals surface area contributed by atoms with Gasteiger partial charge in [0.2, 0.25) is 5.91 Å². The number of nitrogens with one attached hydrogen (secondary N) is 1. The second-order valence-electron chi connectivity index (χ2n) is 6.07. The van der Waals surface area contributed by atoms with E-state index in [0.29, 0.717) is 4.91 Å². The van der Waals surface area contributed by atoms with E-state index in [-0.39, 0.29) is 29.3 Å². The monoisotopic (exact) mass is 314 g/mol. The van der Waals surface area contributed by atoms with Crippen molar-refractivity contribution in [3.05, 3.63) is 40.8 Å². The Kier molecular flexibility index (Phi) is 3.54. The number of fused-ring (bicyclic) bond motifs is 2. The average molecular weight is 314 g/mol. The van der Waals surface area contributed by atoms with E-state index in [4.69, 9.17) is 0 Å². The molecule has 2 aliphatic heterocycles. The second-order valence-corrected chi connectivity index (χ2v) is 7.19. The van der Waals surface area contributed by atoms with Crippen LogP contribution in [0.4, 0.5) is 0 Å². The molecule has 5 heteroatoms. The van der Waals surface area contributed by atoms with Gasteiger partial charge in [0.1, 0.15) is 5.50 Å². The van der Waals surface area contributed by atoms with Gasteiger partial charge in [0, 0.05) is 6.04 Å². The number of hydrogen-bond donors (Lipinski definition) is 1. The summed E-state index contributed by atoms with van der Waals surface area (Å²) in [6.07, 6.45) is 6.06. The molecule has 1 N–H and O–H groups in total. The number of hydrogen-bond acceptors (Lipinski definition) is 4. The maximum Gasteiger partial charge on any atom is 0.269 e. The van der Waals surface area contributed by atoms with E-state index >= 15 is 0 Å². The fourth-order valence-corrected chi connectivity index (χ4v) is 4.75. The van der Waals surface area contributed by atoms with Crippen molar-refractivity contribution in [2.24, 2.45) is 5.92 Å². The molecule has 0 spiro atoms. The molecule has 3 unspecified atom stereocenters. The molecule has 1 saturated carbocycles. The van der Waals surface area contributed by atoms with E-state index in [9.17, 15) is 9.59 Å². The highest BCUT2D eigenvalue weighted by Crippen LogP contribution is 2.41. The summed E-state index contributed by atoms with van der Waals surface area (Å²) < 4.78 is 0. The van der Waals surface area contributed by atoms with Gasteiger partial charge in [0.25, 0.3) is 5.91 Å². The van der Waals surface area contributed by atoms with Crippen molar-refractivity contribution in [3.63, 3.8) is 0 Å². The molecule has 2 amide bonds. The number of rotatable bonds is 1. The Bertz CT molecular complexity index is 643. The van der Waals surface area contributed by atoms with Crippen LogP contribution in [-0.2, 0) is 9.59 Å². The number of nitrogens with zero attached hydrogens (tertiary/aromatic N) is 1. The van der Waals surface area contributed by atoms with Crippen molar-refractivity contribution >= 4 is 29.7 Å². The fourth-order valence-electron chi connectivity index (χ4n) is 3.56. The number of thioether (sulfide) groups is 1. The number of amides is 2. The zero-order valence-corrected chi connectivity index (χ0v) is 13.0. The van der Waals surface area contributed by atoms with Crippen molar-refractivity contribution in [1.82, 2.24) is 10.2 Å². The van der Waals surface area contributed by atoms with Crippen LogP contribution < -0.4 is 5.32 Å². The van der Waals surface area contributed by atoms with Crippen LogP contribution in [0.5, 0.6) is 0 Å². The standard InChI is InChI=1S/C17H18N2O2S/c20-15-12-8-4-5-9-13(12)18-17-19(15)16(21)14(22-17)10-11-6-2-1-3-7-11/h1-3,6-7,10,12-13,17-18H,4-5,8-9H2. The van der Waals surface area contributed by atoms with Gasteiger partial charge in [-0.3, -0.25) is 19.8 Å². The molecule has 3 fully saturated rings. The summed E-state index contributed by atoms with van der Waals surface area (Å²) in [7, 11) is 0. The molecule has 2 saturated heterocycles. The van der Waals surface area contributed by atoms with Gasteiger partial charge < -0.3 is 0 Å². The van der Waals surface area contributed by atoms with E-state index in [1.165, 1.54) is 23.1 Å². The fraction of sp³-hybridized carbons (Fsp3) is 0.412. The van der Waals surface area contributed by atoms with E-state index in [1.54, 1.807) is 0 Å². The maximum absolute atomic E-state index is 12.7. The highest BCUT2D eigenvalue weighted by atomic mass is 32.2. The molecule has 0 radical (unpaired) electrons. The van der Waals surface area contributed by atoms with Crippen LogP contribution in [0.2, 0.25) is 0 Å². The number of carbonyl (C=O) groups excluding carboxylic acids is 2. The number of benzene rings is 1. The summed E-state index contributed by atoms with van der Waals surface area (Å²) in [4.78, 5) is 27.4. The molecule has 0 aromatic heterocycles. The van der Waals surface area contributed by atoms with Crippen LogP contribution in [0.3, 0.4) is 0 Å². The van der Waals surface area contributed by atoms with Gasteiger partial charge in [0.15, 0.2) is 0 Å². The van der Waals surface area contributed by atoms with Gasteiger partial charge in [-0.25, -0.2) is 0 Å². The molecule has 4 rings (SSSR count). The smallest absolute Gasteiger partial charge is 0.269 e. The Morgan fingerprint density at radius 2 is 1.91 bits per heavy atom. The summed E-state index contributed by atoms with van der Waals surface area (Å²) in [6.45, 7) is 0. The molecular weight excluding hydrogens is 296 g/mol. The number of imide groups is 1. The van der Waals surface area contributed by atoms with Gasteiger partial charge in [-0.2, -0.15) is 0 Å². The molecule has 3 atom stereocenters. The normalized spacial score (nSPS) is 33.0. The van der Waals surface area contributed by atoms with Crippen LogP contribution in [0, 0.1) is 5.92 Å². The molecule has 22 heavy (non-hydrogen) atoms. The summed E-state index contributed by atoms with van der Waals surface area (Å²) >= 11 is 1.46. The quantitative estimate of drug-likeness (QED) is 0.639. The predicted molar refractivity (Wildman–Crippen MR) is 86.5 cm³/mol. The van der Waals surface area contributed by atoms with E-state index in [0.717, 1.165) is 24.8 Å². The Morgan fingerprint density at radius 3 is 2.73 bits per heavy atom. The molecule has 4 nitrogen and oxygen atoms in total. The van der Waals surface area contributed by atoms with Crippen LogP contribution in [-0.4, -0.2) is 28.3 Å². The van der Waals surface area contributed by atoms with E-state index in [1.807, 2.05) is 36.4 Å². The lowest BCUT2D eigenvalue weighted by molar-refractivity contribution is -0.150. The molecule has 3 aliphatic rings. The van der Waals surface area contributed by atoms with Crippen LogP contribution in [0.25, 0.3) is 6.08 Å². The highest BCUT2D eigenvalue weighted by Gasteiger charge is 2.49. The van der Waals surface area contributed by atoms with Crippen molar-refractivity contribution in [2.75, 3.05) is 0 Å². The van der Waals surface area contributed by atoms with Gasteiger partial charge in [-0.05, 0) is 24.5 Å². The highest BCUT2D eigenvalue weighted by molar-refractivity contribution is 8.05. The lowest BCUT2D eigenvalue weighted by Crippen LogP contribution is -2.61. The second kappa shape index (κ2) is 5.56. The summed E-state index contributed by atoms with van der Waals surface area (Å²) in [5, 5.41) is 3.50. The molecule has 1 aliphatic carbocycles. The van der Waals surface area contributed by atoms with Crippen LogP contribution >= 0.6 is 11.8 Å². The molecule has 2 heterocycles. The molecule has 1 aromatic carbocycles. The third kappa shape index (κ3) is 2.29. The minimum atomic E-state index is -0.227. The maximum atomic E-state index is 12.7. The van der Waals surface area contributed by atoms with Crippen molar-refractivity contribution in [1.29, 1.82) is 0 Å². The first-order chi connectivity index (χ1) is 10.7. The Morgan fingerprint density at radius 1 is 1.14 bits per heavy atom. The Hall–Kier alpha value is -1.59. The third-order valence-electron chi connectivity index (χ3n) is 4.68. The van der Waals surface area contributed by atoms with Gasteiger partial charge in [0.05, 0.1) is 10.8 Å². The Labute approximate surface area is 133 Å². The lowest BCUT2D eigenvalue weighted by Gasteiger charge is -2.41. The van der Waals surface area contributed by atoms with Gasteiger partial charge >= 0.3 is 0 Å². The number of carbonyl (C=O) groups is 2. The van der Waals surface area contributed by atoms with Crippen molar-refractivity contribution < 1.29 is 9.59 Å². The zero-order chi connectivity index (χ0) is 15.1. The van der Waals surface area contributed by atoms with Gasteiger partial charge in [-0.1, -0.05) is 54.9 Å². The topological polar surface area (TPSA) is 49.4 Å². The minimum absolute atomic E-state index is 0.0161. The lowest BCUT2D eigenvalue weighted by atomic mass is 9.82. The van der Waals surface area contributed by atoms with Crippen molar-refractivity contribution in [3.8, 4) is 0 Å². The first-order valence-corrected chi connectivity index (χ1v) is 8.69. The van der Waals surface area contributed by atoms with Crippen LogP contribution in [0.1, 0.15) is 31.2 Å². The van der Waals surface area contributed by atoms with E-state index < -0.39 is 0 Å².